The molecule has 4 amide bonds. The van der Waals surface area contributed by atoms with Crippen LogP contribution in [0.1, 0.15) is 28.8 Å². The van der Waals surface area contributed by atoms with Crippen molar-refractivity contribution < 1.29 is 19.1 Å². The standard InChI is InChI=1S/C19H22N4O4S/c1-11-4-6-12(7-5-11)15-9-14(16(28-15)22-18(20)25)17(24)27-13-3-2-8-23(10-13)19(21)26/h4-7,9,13H,2-3,8,10H2,1H3,(H2,21,26)(H3,20,22,25). The van der Waals surface area contributed by atoms with Crippen molar-refractivity contribution in [3.63, 3.8) is 0 Å². The molecule has 5 N–H and O–H groups in total. The number of amides is 4. The fraction of sp³-hybridized carbons (Fsp3) is 0.316. The van der Waals surface area contributed by atoms with Crippen LogP contribution in [0.5, 0.6) is 0 Å². The predicted molar refractivity (Wildman–Crippen MR) is 107 cm³/mol. The van der Waals surface area contributed by atoms with Crippen molar-refractivity contribution in [1.82, 2.24) is 4.90 Å². The van der Waals surface area contributed by atoms with Crippen molar-refractivity contribution in [3.8, 4) is 10.4 Å². The number of likely N-dealkylation sites (tertiary alicyclic amines) is 1. The average molecular weight is 402 g/mol. The van der Waals surface area contributed by atoms with Gasteiger partial charge in [0, 0.05) is 11.4 Å². The number of esters is 1. The lowest BCUT2D eigenvalue weighted by Gasteiger charge is -2.31. The second-order valence-corrected chi connectivity index (χ2v) is 7.71. The smallest absolute Gasteiger partial charge is 0.341 e. The van der Waals surface area contributed by atoms with Crippen molar-refractivity contribution in [2.45, 2.75) is 25.9 Å². The topological polar surface area (TPSA) is 128 Å². The molecule has 1 aromatic carbocycles. The first-order valence-electron chi connectivity index (χ1n) is 8.86. The number of urea groups is 2. The molecule has 1 aliphatic rings. The van der Waals surface area contributed by atoms with Gasteiger partial charge >= 0.3 is 18.0 Å². The number of hydrogen-bond acceptors (Lipinski definition) is 5. The number of nitrogens with two attached hydrogens (primary N) is 2. The highest BCUT2D eigenvalue weighted by Crippen LogP contribution is 2.36. The molecule has 1 unspecified atom stereocenters. The summed E-state index contributed by atoms with van der Waals surface area (Å²) in [6, 6.07) is 8.20. The van der Waals surface area contributed by atoms with Crippen LogP contribution in [0, 0.1) is 6.92 Å². The number of piperidine rings is 1. The van der Waals surface area contributed by atoms with Gasteiger partial charge in [-0.25, -0.2) is 14.4 Å². The molecule has 0 bridgehead atoms. The summed E-state index contributed by atoms with van der Waals surface area (Å²) < 4.78 is 5.57. The molecule has 2 aromatic rings. The minimum Gasteiger partial charge on any atom is -0.457 e. The third-order valence-corrected chi connectivity index (χ3v) is 5.59. The molecule has 148 valence electrons. The van der Waals surface area contributed by atoms with Crippen molar-refractivity contribution in [1.29, 1.82) is 0 Å². The summed E-state index contributed by atoms with van der Waals surface area (Å²) in [4.78, 5) is 37.7. The number of carbonyl (C=O) groups excluding carboxylic acids is 3. The molecule has 0 radical (unpaired) electrons. The Labute approximate surface area is 166 Å². The molecular weight excluding hydrogens is 380 g/mol. The van der Waals surface area contributed by atoms with Crippen LogP contribution in [-0.4, -0.2) is 42.1 Å². The summed E-state index contributed by atoms with van der Waals surface area (Å²) in [5.74, 6) is -0.574. The summed E-state index contributed by atoms with van der Waals surface area (Å²) >= 11 is 1.25. The molecule has 1 aliphatic heterocycles. The summed E-state index contributed by atoms with van der Waals surface area (Å²) in [5.41, 5.74) is 12.8. The Hall–Kier alpha value is -3.07. The minimum atomic E-state index is -0.760. The highest BCUT2D eigenvalue weighted by molar-refractivity contribution is 7.20. The molecular formula is C19H22N4O4S. The van der Waals surface area contributed by atoms with Gasteiger partial charge in [0.25, 0.3) is 0 Å². The molecule has 2 heterocycles. The Bertz CT molecular complexity index is 894. The molecule has 8 nitrogen and oxygen atoms in total. The lowest BCUT2D eigenvalue weighted by Crippen LogP contribution is -2.46. The van der Waals surface area contributed by atoms with Gasteiger partial charge in [0.1, 0.15) is 11.1 Å². The highest BCUT2D eigenvalue weighted by Gasteiger charge is 2.27. The largest absolute Gasteiger partial charge is 0.457 e. The molecule has 1 aromatic heterocycles. The minimum absolute atomic E-state index is 0.232. The number of aryl methyl sites for hydroxylation is 1. The van der Waals surface area contributed by atoms with Gasteiger partial charge in [-0.3, -0.25) is 5.32 Å². The lowest BCUT2D eigenvalue weighted by atomic mass is 10.1. The zero-order chi connectivity index (χ0) is 20.3. The first kappa shape index (κ1) is 19.7. The number of rotatable bonds is 4. The Morgan fingerprint density at radius 1 is 1.21 bits per heavy atom. The molecule has 1 saturated heterocycles. The zero-order valence-electron chi connectivity index (χ0n) is 15.4. The Morgan fingerprint density at radius 3 is 2.57 bits per heavy atom. The van der Waals surface area contributed by atoms with Crippen LogP contribution in [0.2, 0.25) is 0 Å². The molecule has 3 rings (SSSR count). The number of primary amides is 2. The van der Waals surface area contributed by atoms with Crippen LogP contribution in [-0.2, 0) is 4.74 Å². The van der Waals surface area contributed by atoms with Gasteiger partial charge in [-0.2, -0.15) is 0 Å². The van der Waals surface area contributed by atoms with Crippen LogP contribution >= 0.6 is 11.3 Å². The van der Waals surface area contributed by atoms with Gasteiger partial charge in [0.15, 0.2) is 0 Å². The normalized spacial score (nSPS) is 16.5. The average Bonchev–Trinajstić information content (AvgIpc) is 3.05. The fourth-order valence-electron chi connectivity index (χ4n) is 3.06. The maximum absolute atomic E-state index is 12.7. The van der Waals surface area contributed by atoms with Crippen LogP contribution in [0.15, 0.2) is 30.3 Å². The molecule has 0 aliphatic carbocycles. The summed E-state index contributed by atoms with van der Waals surface area (Å²) in [6.07, 6.45) is 0.895. The van der Waals surface area contributed by atoms with Crippen molar-refractivity contribution in [3.05, 3.63) is 41.5 Å². The Morgan fingerprint density at radius 2 is 1.93 bits per heavy atom. The first-order valence-corrected chi connectivity index (χ1v) is 9.68. The summed E-state index contributed by atoms with van der Waals surface area (Å²) in [6.45, 7) is 2.79. The number of nitrogens with one attached hydrogen (secondary N) is 1. The van der Waals surface area contributed by atoms with Crippen LogP contribution < -0.4 is 16.8 Å². The van der Waals surface area contributed by atoms with Gasteiger partial charge in [-0.15, -0.1) is 11.3 Å². The van der Waals surface area contributed by atoms with Crippen LogP contribution in [0.3, 0.4) is 0 Å². The van der Waals surface area contributed by atoms with E-state index in [0.29, 0.717) is 24.4 Å². The lowest BCUT2D eigenvalue weighted by molar-refractivity contribution is 0.0129. The van der Waals surface area contributed by atoms with E-state index in [1.165, 1.54) is 16.2 Å². The molecule has 28 heavy (non-hydrogen) atoms. The van der Waals surface area contributed by atoms with E-state index in [1.807, 2.05) is 31.2 Å². The maximum atomic E-state index is 12.7. The van der Waals surface area contributed by atoms with E-state index in [2.05, 4.69) is 5.32 Å². The Balaban J connectivity index is 1.82. The molecule has 0 saturated carbocycles. The second kappa shape index (κ2) is 8.30. The number of hydrogen-bond donors (Lipinski definition) is 3. The van der Waals surface area contributed by atoms with Crippen LogP contribution in [0.25, 0.3) is 10.4 Å². The van der Waals surface area contributed by atoms with Crippen molar-refractivity contribution in [2.75, 3.05) is 18.4 Å². The third-order valence-electron chi connectivity index (χ3n) is 4.49. The zero-order valence-corrected chi connectivity index (χ0v) is 16.3. The number of benzene rings is 1. The number of anilines is 1. The van der Waals surface area contributed by atoms with E-state index >= 15 is 0 Å². The number of ether oxygens (including phenoxy) is 1. The van der Waals surface area contributed by atoms with Gasteiger partial charge < -0.3 is 21.1 Å². The van der Waals surface area contributed by atoms with E-state index in [0.717, 1.165) is 16.0 Å². The van der Waals surface area contributed by atoms with E-state index in [4.69, 9.17) is 16.2 Å². The second-order valence-electron chi connectivity index (χ2n) is 6.66. The molecule has 1 atom stereocenters. The van der Waals surface area contributed by atoms with Crippen molar-refractivity contribution >= 4 is 34.4 Å². The maximum Gasteiger partial charge on any atom is 0.341 e. The van der Waals surface area contributed by atoms with Gasteiger partial charge in [-0.1, -0.05) is 29.8 Å². The van der Waals surface area contributed by atoms with E-state index in [1.54, 1.807) is 6.07 Å². The van der Waals surface area contributed by atoms with E-state index < -0.39 is 24.1 Å². The summed E-state index contributed by atoms with van der Waals surface area (Å²) in [7, 11) is 0. The number of nitrogens with zero attached hydrogens (tertiary/aromatic N) is 1. The fourth-order valence-corrected chi connectivity index (χ4v) is 4.11. The van der Waals surface area contributed by atoms with E-state index in [-0.39, 0.29) is 12.1 Å². The predicted octanol–water partition coefficient (Wildman–Crippen LogP) is 2.91. The monoisotopic (exact) mass is 402 g/mol. The SMILES string of the molecule is Cc1ccc(-c2cc(C(=O)OC3CCCN(C(N)=O)C3)c(NC(N)=O)s2)cc1. The molecule has 1 fully saturated rings. The van der Waals surface area contributed by atoms with Crippen molar-refractivity contribution in [2.24, 2.45) is 11.5 Å². The van der Waals surface area contributed by atoms with Crippen LogP contribution in [0.4, 0.5) is 14.6 Å². The number of thiophene rings is 1. The highest BCUT2D eigenvalue weighted by atomic mass is 32.1. The number of carbonyl (C=O) groups is 3. The van der Waals surface area contributed by atoms with Gasteiger partial charge in [-0.05, 0) is 31.4 Å². The van der Waals surface area contributed by atoms with E-state index in [9.17, 15) is 14.4 Å². The van der Waals surface area contributed by atoms with Gasteiger partial charge in [0.05, 0.1) is 12.1 Å². The van der Waals surface area contributed by atoms with Gasteiger partial charge in [0.2, 0.25) is 0 Å². The molecule has 9 heteroatoms. The summed E-state index contributed by atoms with van der Waals surface area (Å²) in [5, 5.41) is 2.82. The third kappa shape index (κ3) is 4.61. The first-order chi connectivity index (χ1) is 13.3. The molecule has 0 spiro atoms. The quantitative estimate of drug-likeness (QED) is 0.679. The Kier molecular flexibility index (Phi) is 5.84.